The maximum absolute atomic E-state index is 12.0. The average molecular weight is 299 g/mol. The Morgan fingerprint density at radius 1 is 1.14 bits per heavy atom. The highest BCUT2D eigenvalue weighted by atomic mass is 16.6. The lowest BCUT2D eigenvalue weighted by Gasteiger charge is -2.11. The molecule has 22 heavy (non-hydrogen) atoms. The second-order valence-electron chi connectivity index (χ2n) is 4.80. The third-order valence-electron chi connectivity index (χ3n) is 3.37. The van der Waals surface area contributed by atoms with E-state index in [2.05, 4.69) is 4.74 Å². The number of carbonyl (C=O) groups excluding carboxylic acids is 3. The molecule has 0 radical (unpaired) electrons. The van der Waals surface area contributed by atoms with Crippen LogP contribution >= 0.6 is 0 Å². The van der Waals surface area contributed by atoms with Gasteiger partial charge in [-0.25, -0.2) is 14.5 Å². The fourth-order valence-corrected chi connectivity index (χ4v) is 2.22. The minimum Gasteiger partial charge on any atom is -0.452 e. The molecule has 112 valence electrons. The van der Waals surface area contributed by atoms with E-state index in [1.54, 1.807) is 12.1 Å². The summed E-state index contributed by atoms with van der Waals surface area (Å²) in [7, 11) is 0. The van der Waals surface area contributed by atoms with E-state index in [4.69, 9.17) is 4.74 Å². The molecule has 1 saturated heterocycles. The van der Waals surface area contributed by atoms with Gasteiger partial charge in [0, 0.05) is 0 Å². The van der Waals surface area contributed by atoms with Gasteiger partial charge in [0.1, 0.15) is 6.61 Å². The molecule has 0 unspecified atom stereocenters. The van der Waals surface area contributed by atoms with Crippen molar-refractivity contribution in [2.24, 2.45) is 0 Å². The first kappa shape index (κ1) is 14.1. The van der Waals surface area contributed by atoms with Gasteiger partial charge in [-0.2, -0.15) is 0 Å². The number of imide groups is 1. The number of amides is 2. The Morgan fingerprint density at radius 2 is 1.91 bits per heavy atom. The van der Waals surface area contributed by atoms with Crippen molar-refractivity contribution in [3.8, 4) is 0 Å². The molecular weight excluding hydrogens is 286 g/mol. The number of esters is 1. The zero-order valence-electron chi connectivity index (χ0n) is 11.7. The molecule has 1 aliphatic heterocycles. The molecule has 6 heteroatoms. The Balaban J connectivity index is 1.65. The highest BCUT2D eigenvalue weighted by Gasteiger charge is 2.29. The number of ether oxygens (including phenoxy) is 2. The molecule has 0 aliphatic carbocycles. The first-order chi connectivity index (χ1) is 10.6. The standard InChI is InChI=1S/C16H13NO5/c18-14(17-7-8-21-16(17)20)10-22-15(19)13-6-5-11-3-1-2-4-12(11)9-13/h1-6,9H,7-8,10H2. The Hall–Kier alpha value is -2.89. The molecule has 0 saturated carbocycles. The van der Waals surface area contributed by atoms with E-state index in [0.717, 1.165) is 15.7 Å². The summed E-state index contributed by atoms with van der Waals surface area (Å²) in [5, 5.41) is 1.92. The van der Waals surface area contributed by atoms with Crippen LogP contribution in [0, 0.1) is 0 Å². The molecule has 0 bridgehead atoms. The number of cyclic esters (lactones) is 1. The topological polar surface area (TPSA) is 72.9 Å². The molecule has 2 aromatic carbocycles. The van der Waals surface area contributed by atoms with Gasteiger partial charge in [-0.05, 0) is 22.9 Å². The molecule has 6 nitrogen and oxygen atoms in total. The number of benzene rings is 2. The first-order valence-electron chi connectivity index (χ1n) is 6.78. The van der Waals surface area contributed by atoms with Crippen LogP contribution in [0.15, 0.2) is 42.5 Å². The fraction of sp³-hybridized carbons (Fsp3) is 0.188. The molecule has 0 spiro atoms. The molecule has 3 rings (SSSR count). The number of carbonyl (C=O) groups is 3. The van der Waals surface area contributed by atoms with Crippen LogP contribution in [0.3, 0.4) is 0 Å². The number of fused-ring (bicyclic) bond motifs is 1. The maximum Gasteiger partial charge on any atom is 0.416 e. The maximum atomic E-state index is 12.0. The van der Waals surface area contributed by atoms with Gasteiger partial charge in [0.15, 0.2) is 6.61 Å². The lowest BCUT2D eigenvalue weighted by atomic mass is 10.1. The van der Waals surface area contributed by atoms with E-state index in [0.29, 0.717) is 5.56 Å². The minimum absolute atomic E-state index is 0.170. The molecule has 2 amide bonds. The van der Waals surface area contributed by atoms with Crippen LogP contribution in [0.5, 0.6) is 0 Å². The number of rotatable bonds is 3. The SMILES string of the molecule is O=C(OCC(=O)N1CCOC1=O)c1ccc2ccccc2c1. The summed E-state index contributed by atoms with van der Waals surface area (Å²) in [4.78, 5) is 35.9. The highest BCUT2D eigenvalue weighted by Crippen LogP contribution is 2.16. The van der Waals surface area contributed by atoms with Crippen molar-refractivity contribution >= 4 is 28.7 Å². The van der Waals surface area contributed by atoms with Gasteiger partial charge in [-0.3, -0.25) is 4.79 Å². The van der Waals surface area contributed by atoms with Crippen LogP contribution in [0.1, 0.15) is 10.4 Å². The van der Waals surface area contributed by atoms with Crippen LogP contribution in [0.4, 0.5) is 4.79 Å². The number of hydrogen-bond acceptors (Lipinski definition) is 5. The highest BCUT2D eigenvalue weighted by molar-refractivity contribution is 5.98. The molecule has 1 aliphatic rings. The molecule has 0 N–H and O–H groups in total. The van der Waals surface area contributed by atoms with E-state index >= 15 is 0 Å². The Labute approximate surface area is 126 Å². The zero-order chi connectivity index (χ0) is 15.5. The fourth-order valence-electron chi connectivity index (χ4n) is 2.22. The lowest BCUT2D eigenvalue weighted by molar-refractivity contribution is -0.131. The summed E-state index contributed by atoms with van der Waals surface area (Å²) < 4.78 is 9.61. The van der Waals surface area contributed by atoms with Gasteiger partial charge < -0.3 is 9.47 Å². The van der Waals surface area contributed by atoms with E-state index in [1.165, 1.54) is 0 Å². The smallest absolute Gasteiger partial charge is 0.416 e. The zero-order valence-corrected chi connectivity index (χ0v) is 11.7. The quantitative estimate of drug-likeness (QED) is 0.810. The molecule has 2 aromatic rings. The predicted molar refractivity (Wildman–Crippen MR) is 77.3 cm³/mol. The van der Waals surface area contributed by atoms with Crippen molar-refractivity contribution in [2.75, 3.05) is 19.8 Å². The van der Waals surface area contributed by atoms with E-state index in [-0.39, 0.29) is 13.2 Å². The van der Waals surface area contributed by atoms with Crippen LogP contribution in [0.2, 0.25) is 0 Å². The summed E-state index contributed by atoms with van der Waals surface area (Å²) in [6.07, 6.45) is -0.702. The summed E-state index contributed by atoms with van der Waals surface area (Å²) in [6.45, 7) is -0.130. The van der Waals surface area contributed by atoms with E-state index in [9.17, 15) is 14.4 Å². The second kappa shape index (κ2) is 5.85. The lowest BCUT2D eigenvalue weighted by Crippen LogP contribution is -2.35. The predicted octanol–water partition coefficient (Wildman–Crippen LogP) is 1.98. The normalized spacial score (nSPS) is 14.0. The summed E-state index contributed by atoms with van der Waals surface area (Å²) >= 11 is 0. The van der Waals surface area contributed by atoms with Crippen LogP contribution < -0.4 is 0 Å². The first-order valence-corrected chi connectivity index (χ1v) is 6.78. The minimum atomic E-state index is -0.702. The largest absolute Gasteiger partial charge is 0.452 e. The summed E-state index contributed by atoms with van der Waals surface area (Å²) in [6, 6.07) is 12.8. The van der Waals surface area contributed by atoms with Gasteiger partial charge in [0.2, 0.25) is 0 Å². The van der Waals surface area contributed by atoms with Gasteiger partial charge in [0.05, 0.1) is 12.1 Å². The molecule has 0 aromatic heterocycles. The van der Waals surface area contributed by atoms with E-state index < -0.39 is 24.6 Å². The van der Waals surface area contributed by atoms with Gasteiger partial charge in [0.25, 0.3) is 5.91 Å². The van der Waals surface area contributed by atoms with Crippen molar-refractivity contribution in [1.29, 1.82) is 0 Å². The molecule has 1 fully saturated rings. The van der Waals surface area contributed by atoms with Gasteiger partial charge in [-0.15, -0.1) is 0 Å². The van der Waals surface area contributed by atoms with Crippen LogP contribution in [0.25, 0.3) is 10.8 Å². The third-order valence-corrected chi connectivity index (χ3v) is 3.37. The van der Waals surface area contributed by atoms with Crippen molar-refractivity contribution in [1.82, 2.24) is 4.90 Å². The summed E-state index contributed by atoms with van der Waals surface area (Å²) in [5.41, 5.74) is 0.357. The third kappa shape index (κ3) is 2.76. The Kier molecular flexibility index (Phi) is 3.74. The van der Waals surface area contributed by atoms with Crippen LogP contribution in [-0.2, 0) is 14.3 Å². The van der Waals surface area contributed by atoms with Gasteiger partial charge >= 0.3 is 12.1 Å². The van der Waals surface area contributed by atoms with Crippen molar-refractivity contribution in [3.63, 3.8) is 0 Å². The molecule has 0 atom stereocenters. The van der Waals surface area contributed by atoms with Gasteiger partial charge in [-0.1, -0.05) is 30.3 Å². The molecular formula is C16H13NO5. The second-order valence-corrected chi connectivity index (χ2v) is 4.80. The van der Waals surface area contributed by atoms with Crippen molar-refractivity contribution < 1.29 is 23.9 Å². The van der Waals surface area contributed by atoms with E-state index in [1.807, 2.05) is 30.3 Å². The number of hydrogen-bond donors (Lipinski definition) is 0. The monoisotopic (exact) mass is 299 g/mol. The van der Waals surface area contributed by atoms with Crippen molar-refractivity contribution in [3.05, 3.63) is 48.0 Å². The summed E-state index contributed by atoms with van der Waals surface area (Å²) in [5.74, 6) is -1.19. The van der Waals surface area contributed by atoms with Crippen LogP contribution in [-0.4, -0.2) is 42.6 Å². The Bertz CT molecular complexity index is 755. The Morgan fingerprint density at radius 3 is 2.64 bits per heavy atom. The average Bonchev–Trinajstić information content (AvgIpc) is 2.98. The number of nitrogens with zero attached hydrogens (tertiary/aromatic N) is 1. The molecule has 1 heterocycles. The van der Waals surface area contributed by atoms with Crippen molar-refractivity contribution in [2.45, 2.75) is 0 Å².